The molecule has 1 saturated heterocycles. The van der Waals surface area contributed by atoms with E-state index < -0.39 is 40.6 Å². The number of ketones is 1. The lowest BCUT2D eigenvalue weighted by Crippen LogP contribution is -2.63. The molecule has 11 atom stereocenters. The molecule has 2 heterocycles. The maximum Gasteiger partial charge on any atom is 0.331 e. The van der Waals surface area contributed by atoms with E-state index in [9.17, 15) is 24.9 Å². The van der Waals surface area contributed by atoms with Crippen LogP contribution in [0.15, 0.2) is 23.0 Å². The third-order valence-electron chi connectivity index (χ3n) is 11.6. The van der Waals surface area contributed by atoms with Gasteiger partial charge in [0.05, 0.1) is 29.3 Å². The van der Waals surface area contributed by atoms with Crippen LogP contribution in [0.5, 0.6) is 0 Å². The summed E-state index contributed by atoms with van der Waals surface area (Å²) in [6.07, 6.45) is 4.81. The molecule has 6 aliphatic rings. The third kappa shape index (κ3) is 3.83. The summed E-state index contributed by atoms with van der Waals surface area (Å²) in [6.45, 7) is 5.87. The molecule has 9 heteroatoms. The van der Waals surface area contributed by atoms with Gasteiger partial charge in [-0.3, -0.25) is 4.79 Å². The molecular formula is C30H42O9. The fourth-order valence-corrected chi connectivity index (χ4v) is 9.26. The normalized spacial score (nSPS) is 49.7. The van der Waals surface area contributed by atoms with E-state index in [1.165, 1.54) is 6.08 Å². The Hall–Kier alpha value is -1.78. The van der Waals surface area contributed by atoms with E-state index in [0.717, 1.165) is 36.8 Å². The number of carbonyl (C=O) groups is 2. The molecule has 4 aliphatic carbocycles. The lowest BCUT2D eigenvalue weighted by molar-refractivity contribution is -0.269. The van der Waals surface area contributed by atoms with Crippen LogP contribution in [0.25, 0.3) is 0 Å². The second-order valence-corrected chi connectivity index (χ2v) is 13.2. The molecule has 11 unspecified atom stereocenters. The van der Waals surface area contributed by atoms with Gasteiger partial charge in [-0.05, 0) is 87.2 Å². The molecule has 3 saturated carbocycles. The number of cyclic esters (lactones) is 1. The summed E-state index contributed by atoms with van der Waals surface area (Å²) in [5.41, 5.74) is -1.45. The first kappa shape index (κ1) is 27.4. The van der Waals surface area contributed by atoms with Crippen LogP contribution in [0.3, 0.4) is 0 Å². The van der Waals surface area contributed by atoms with E-state index in [2.05, 4.69) is 6.92 Å². The molecule has 9 nitrogen and oxygen atoms in total. The van der Waals surface area contributed by atoms with Gasteiger partial charge in [-0.25, -0.2) is 4.79 Å². The number of allylic oxidation sites excluding steroid dienone is 1. The van der Waals surface area contributed by atoms with Crippen LogP contribution in [0, 0.1) is 28.6 Å². The van der Waals surface area contributed by atoms with Gasteiger partial charge in [0.25, 0.3) is 0 Å². The topological polar surface area (TPSA) is 132 Å². The highest BCUT2D eigenvalue weighted by Gasteiger charge is 2.71. The molecule has 0 amide bonds. The number of carbonyl (C=O) groups excluding carboxylic acids is 2. The molecule has 0 aromatic heterocycles. The molecule has 0 radical (unpaired) electrons. The van der Waals surface area contributed by atoms with Crippen molar-refractivity contribution in [3.8, 4) is 0 Å². The highest BCUT2D eigenvalue weighted by molar-refractivity contribution is 6.02. The minimum absolute atomic E-state index is 0.0392. The smallest absolute Gasteiger partial charge is 0.331 e. The van der Waals surface area contributed by atoms with Crippen LogP contribution in [-0.4, -0.2) is 77.1 Å². The van der Waals surface area contributed by atoms with Crippen LogP contribution >= 0.6 is 0 Å². The van der Waals surface area contributed by atoms with Crippen molar-refractivity contribution < 1.29 is 43.9 Å². The fraction of sp³-hybridized carbons (Fsp3) is 0.800. The first-order valence-electron chi connectivity index (χ1n) is 14.5. The Kier molecular flexibility index (Phi) is 6.59. The maximum atomic E-state index is 14.0. The maximum absolute atomic E-state index is 14.0. The molecule has 0 aromatic carbocycles. The number of Topliss-reactive ketones (excluding diaryl/α,β-unsaturated/α-hetero) is 1. The standard InChI is InChI=1S/C30H42O9/c1-15-25(32)21(36-4)13-23(38-15)39-18-7-9-28(2)17(12-18)5-6-20-24(28)26(33)27(34)29(3)19(8-10-30(20,29)35)16-11-22(31)37-14-16/h11,15,17-21,23,25,32-33,35H,5-10,12-14H2,1-4H3. The van der Waals surface area contributed by atoms with E-state index in [4.69, 9.17) is 18.9 Å². The van der Waals surface area contributed by atoms with Crippen LogP contribution in [0.4, 0.5) is 0 Å². The average molecular weight is 547 g/mol. The number of ether oxygens (including phenoxy) is 4. The van der Waals surface area contributed by atoms with Crippen LogP contribution in [-0.2, 0) is 28.5 Å². The molecule has 39 heavy (non-hydrogen) atoms. The summed E-state index contributed by atoms with van der Waals surface area (Å²) >= 11 is 0. The minimum atomic E-state index is -1.29. The number of hydrogen-bond donors (Lipinski definition) is 3. The molecule has 0 bridgehead atoms. The van der Waals surface area contributed by atoms with Gasteiger partial charge >= 0.3 is 5.97 Å². The SMILES string of the molecule is COC1CC(OC2CCC3(C)C4=C(O)C(=O)C5(C)C(C6=CC(=O)OC6)CCC5(O)C4CCC3C2)OC(C)C1O. The van der Waals surface area contributed by atoms with Crippen molar-refractivity contribution in [1.29, 1.82) is 0 Å². The van der Waals surface area contributed by atoms with Crippen molar-refractivity contribution in [3.05, 3.63) is 23.0 Å². The number of hydrogen-bond acceptors (Lipinski definition) is 9. The monoisotopic (exact) mass is 546 g/mol. The minimum Gasteiger partial charge on any atom is -0.504 e. The van der Waals surface area contributed by atoms with E-state index in [-0.39, 0.29) is 48.4 Å². The first-order valence-corrected chi connectivity index (χ1v) is 14.5. The second kappa shape index (κ2) is 9.38. The number of aliphatic hydroxyl groups excluding tert-OH is 2. The third-order valence-corrected chi connectivity index (χ3v) is 11.6. The average Bonchev–Trinajstić information content (AvgIpc) is 3.45. The highest BCUT2D eigenvalue weighted by Crippen LogP contribution is 2.68. The Morgan fingerprint density at radius 1 is 1.05 bits per heavy atom. The van der Waals surface area contributed by atoms with Crippen molar-refractivity contribution in [3.63, 3.8) is 0 Å². The summed E-state index contributed by atoms with van der Waals surface area (Å²) in [5.74, 6) is -1.47. The van der Waals surface area contributed by atoms with Gasteiger partial charge in [0.15, 0.2) is 12.0 Å². The highest BCUT2D eigenvalue weighted by atomic mass is 16.7. The summed E-state index contributed by atoms with van der Waals surface area (Å²) in [7, 11) is 1.59. The van der Waals surface area contributed by atoms with E-state index >= 15 is 0 Å². The Labute approximate surface area is 229 Å². The number of aliphatic hydroxyl groups is 3. The van der Waals surface area contributed by atoms with Gasteiger partial charge in [0, 0.05) is 25.5 Å². The van der Waals surface area contributed by atoms with Gasteiger partial charge in [-0.15, -0.1) is 0 Å². The number of fused-ring (bicyclic) bond motifs is 5. The van der Waals surface area contributed by atoms with Crippen LogP contribution in [0.2, 0.25) is 0 Å². The van der Waals surface area contributed by atoms with E-state index in [1.54, 1.807) is 14.0 Å². The number of methoxy groups -OCH3 is 1. The lowest BCUT2D eigenvalue weighted by Gasteiger charge is -2.59. The van der Waals surface area contributed by atoms with E-state index in [1.807, 2.05) is 6.92 Å². The zero-order valence-electron chi connectivity index (χ0n) is 23.4. The molecule has 3 N–H and O–H groups in total. The molecule has 2 aliphatic heterocycles. The molecular weight excluding hydrogens is 504 g/mol. The fourth-order valence-electron chi connectivity index (χ4n) is 9.26. The Morgan fingerprint density at radius 2 is 1.82 bits per heavy atom. The Bertz CT molecular complexity index is 1110. The number of rotatable bonds is 4. The van der Waals surface area contributed by atoms with Gasteiger partial charge in [-0.2, -0.15) is 0 Å². The largest absolute Gasteiger partial charge is 0.504 e. The van der Waals surface area contributed by atoms with Gasteiger partial charge in [-0.1, -0.05) is 6.92 Å². The molecule has 6 rings (SSSR count). The Balaban J connectivity index is 1.25. The lowest BCUT2D eigenvalue weighted by atomic mass is 9.46. The first-order chi connectivity index (χ1) is 18.4. The zero-order valence-corrected chi connectivity index (χ0v) is 23.4. The summed E-state index contributed by atoms with van der Waals surface area (Å²) in [5, 5.41) is 34.2. The summed E-state index contributed by atoms with van der Waals surface area (Å²) < 4.78 is 22.9. The van der Waals surface area contributed by atoms with Gasteiger partial charge < -0.3 is 34.3 Å². The zero-order chi connectivity index (χ0) is 27.9. The number of esters is 1. The predicted molar refractivity (Wildman–Crippen MR) is 138 cm³/mol. The Morgan fingerprint density at radius 3 is 2.51 bits per heavy atom. The van der Waals surface area contributed by atoms with Crippen molar-refractivity contribution in [2.24, 2.45) is 28.6 Å². The molecule has 216 valence electrons. The van der Waals surface area contributed by atoms with Crippen molar-refractivity contribution in [1.82, 2.24) is 0 Å². The van der Waals surface area contributed by atoms with E-state index in [0.29, 0.717) is 25.7 Å². The molecule has 0 aromatic rings. The van der Waals surface area contributed by atoms with Crippen molar-refractivity contribution in [2.45, 2.75) is 108 Å². The van der Waals surface area contributed by atoms with Crippen LogP contribution < -0.4 is 0 Å². The molecule has 0 spiro atoms. The summed E-state index contributed by atoms with van der Waals surface area (Å²) in [4.78, 5) is 25.8. The van der Waals surface area contributed by atoms with Crippen molar-refractivity contribution in [2.75, 3.05) is 13.7 Å². The molecule has 4 fully saturated rings. The van der Waals surface area contributed by atoms with Gasteiger partial charge in [0.1, 0.15) is 12.7 Å². The summed E-state index contributed by atoms with van der Waals surface area (Å²) in [6, 6.07) is 0. The predicted octanol–water partition coefficient (Wildman–Crippen LogP) is 3.12. The second-order valence-electron chi connectivity index (χ2n) is 13.2. The van der Waals surface area contributed by atoms with Crippen LogP contribution in [0.1, 0.15) is 72.1 Å². The van der Waals surface area contributed by atoms with Crippen molar-refractivity contribution >= 4 is 11.8 Å². The van der Waals surface area contributed by atoms with Gasteiger partial charge in [0.2, 0.25) is 5.78 Å². The quantitative estimate of drug-likeness (QED) is 0.359.